The maximum absolute atomic E-state index is 11.9. The first-order valence-electron chi connectivity index (χ1n) is 6.42. The van der Waals surface area contributed by atoms with Crippen LogP contribution in [-0.2, 0) is 6.54 Å². The Labute approximate surface area is 123 Å². The van der Waals surface area contributed by atoms with Crippen molar-refractivity contribution >= 4 is 22.9 Å². The molecule has 0 fully saturated rings. The van der Waals surface area contributed by atoms with E-state index in [1.165, 1.54) is 29.7 Å². The van der Waals surface area contributed by atoms with Crippen LogP contribution in [0.2, 0.25) is 0 Å². The summed E-state index contributed by atoms with van der Waals surface area (Å²) in [6.45, 7) is 1.46. The van der Waals surface area contributed by atoms with Crippen molar-refractivity contribution in [2.24, 2.45) is 0 Å². The Morgan fingerprint density at radius 3 is 2.59 bits per heavy atom. The highest BCUT2D eigenvalue weighted by molar-refractivity contribution is 5.96. The molecule has 0 spiro atoms. The zero-order chi connectivity index (χ0) is 15.9. The second-order valence-corrected chi connectivity index (χ2v) is 4.76. The van der Waals surface area contributed by atoms with Gasteiger partial charge in [0.1, 0.15) is 5.76 Å². The molecule has 0 atom stereocenters. The number of hydrogen-bond donors (Lipinski definition) is 1. The number of Topliss-reactive ketones (excluding diaryl/α,β-unsaturated/α-hetero) is 1. The maximum atomic E-state index is 11.9. The summed E-state index contributed by atoms with van der Waals surface area (Å²) in [7, 11) is 0. The van der Waals surface area contributed by atoms with Crippen molar-refractivity contribution in [1.29, 1.82) is 0 Å². The van der Waals surface area contributed by atoms with Gasteiger partial charge in [-0.15, -0.1) is 0 Å². The summed E-state index contributed by atoms with van der Waals surface area (Å²) >= 11 is 0. The minimum absolute atomic E-state index is 0.0402. The smallest absolute Gasteiger partial charge is 0.420 e. The summed E-state index contributed by atoms with van der Waals surface area (Å²) in [5, 5.41) is 8.82. The number of carboxylic acid groups (broad SMARTS) is 1. The van der Waals surface area contributed by atoms with Gasteiger partial charge in [-0.05, 0) is 37.3 Å². The molecule has 0 saturated heterocycles. The van der Waals surface area contributed by atoms with Gasteiger partial charge in [0.2, 0.25) is 5.76 Å². The van der Waals surface area contributed by atoms with Crippen molar-refractivity contribution in [2.75, 3.05) is 0 Å². The van der Waals surface area contributed by atoms with E-state index in [0.717, 1.165) is 0 Å². The van der Waals surface area contributed by atoms with Gasteiger partial charge in [0, 0.05) is 5.56 Å². The average molecular weight is 301 g/mol. The van der Waals surface area contributed by atoms with E-state index < -0.39 is 11.7 Å². The third kappa shape index (κ3) is 2.32. The Hall–Kier alpha value is -3.09. The van der Waals surface area contributed by atoms with Crippen LogP contribution in [0.3, 0.4) is 0 Å². The van der Waals surface area contributed by atoms with E-state index >= 15 is 0 Å². The Morgan fingerprint density at radius 1 is 1.18 bits per heavy atom. The Morgan fingerprint density at radius 2 is 1.95 bits per heavy atom. The number of rotatable bonds is 4. The summed E-state index contributed by atoms with van der Waals surface area (Å²) < 4.78 is 11.6. The lowest BCUT2D eigenvalue weighted by Crippen LogP contribution is -2.14. The van der Waals surface area contributed by atoms with Gasteiger partial charge in [0.05, 0.1) is 12.1 Å². The van der Waals surface area contributed by atoms with E-state index in [1.54, 1.807) is 12.1 Å². The molecule has 3 rings (SSSR count). The van der Waals surface area contributed by atoms with Crippen LogP contribution in [0.1, 0.15) is 33.6 Å². The molecule has 0 aliphatic rings. The first kappa shape index (κ1) is 13.9. The van der Waals surface area contributed by atoms with Crippen LogP contribution in [0.5, 0.6) is 0 Å². The molecule has 2 heterocycles. The number of carboxylic acids is 1. The molecule has 0 bridgehead atoms. The summed E-state index contributed by atoms with van der Waals surface area (Å²) in [6, 6.07) is 7.51. The summed E-state index contributed by atoms with van der Waals surface area (Å²) in [5.74, 6) is -1.80. The fourth-order valence-corrected chi connectivity index (χ4v) is 2.17. The minimum Gasteiger partial charge on any atom is -0.475 e. The molecule has 0 amide bonds. The summed E-state index contributed by atoms with van der Waals surface area (Å²) in [6.07, 6.45) is 0. The third-order valence-corrected chi connectivity index (χ3v) is 3.26. The number of benzene rings is 1. The molecule has 0 unspecified atom stereocenters. The van der Waals surface area contributed by atoms with Crippen molar-refractivity contribution in [2.45, 2.75) is 13.5 Å². The van der Waals surface area contributed by atoms with Gasteiger partial charge >= 0.3 is 11.7 Å². The van der Waals surface area contributed by atoms with E-state index in [0.29, 0.717) is 22.4 Å². The highest BCUT2D eigenvalue weighted by Gasteiger charge is 2.14. The van der Waals surface area contributed by atoms with Crippen molar-refractivity contribution in [1.82, 2.24) is 4.57 Å². The summed E-state index contributed by atoms with van der Waals surface area (Å²) in [5.41, 5.74) is 1.24. The monoisotopic (exact) mass is 301 g/mol. The normalized spacial score (nSPS) is 11.0. The number of furan rings is 1. The lowest BCUT2D eigenvalue weighted by atomic mass is 10.1. The second kappa shape index (κ2) is 5.03. The number of fused-ring (bicyclic) bond motifs is 1. The maximum Gasteiger partial charge on any atom is 0.420 e. The first-order chi connectivity index (χ1) is 10.5. The predicted octanol–water partition coefficient (Wildman–Crippen LogP) is 2.14. The number of oxazole rings is 1. The molecule has 22 heavy (non-hydrogen) atoms. The van der Waals surface area contributed by atoms with Crippen molar-refractivity contribution in [3.8, 4) is 0 Å². The van der Waals surface area contributed by atoms with Gasteiger partial charge in [-0.1, -0.05) is 0 Å². The Balaban J connectivity index is 2.03. The van der Waals surface area contributed by atoms with Crippen LogP contribution in [0.25, 0.3) is 11.1 Å². The van der Waals surface area contributed by atoms with Gasteiger partial charge in [0.25, 0.3) is 0 Å². The predicted molar refractivity (Wildman–Crippen MR) is 75.2 cm³/mol. The van der Waals surface area contributed by atoms with Gasteiger partial charge in [-0.2, -0.15) is 0 Å². The van der Waals surface area contributed by atoms with Gasteiger partial charge in [-0.25, -0.2) is 9.59 Å². The fourth-order valence-electron chi connectivity index (χ4n) is 2.17. The quantitative estimate of drug-likeness (QED) is 0.740. The molecule has 7 nitrogen and oxygen atoms in total. The molecule has 0 aliphatic carbocycles. The number of nitrogens with zero attached hydrogens (tertiary/aromatic N) is 1. The van der Waals surface area contributed by atoms with Crippen molar-refractivity contribution < 1.29 is 23.5 Å². The first-order valence-corrected chi connectivity index (χ1v) is 6.42. The van der Waals surface area contributed by atoms with Gasteiger partial charge < -0.3 is 13.9 Å². The molecule has 1 N–H and O–H groups in total. The lowest BCUT2D eigenvalue weighted by molar-refractivity contribution is 0.0660. The van der Waals surface area contributed by atoms with Crippen LogP contribution in [-0.4, -0.2) is 21.4 Å². The molecular weight excluding hydrogens is 290 g/mol. The van der Waals surface area contributed by atoms with Gasteiger partial charge in [-0.3, -0.25) is 9.36 Å². The van der Waals surface area contributed by atoms with Gasteiger partial charge in [0.15, 0.2) is 11.4 Å². The topological polar surface area (TPSA) is 103 Å². The highest BCUT2D eigenvalue weighted by atomic mass is 16.4. The third-order valence-electron chi connectivity index (χ3n) is 3.26. The van der Waals surface area contributed by atoms with E-state index in [1.807, 2.05) is 0 Å². The fraction of sp³-hybridized carbons (Fsp3) is 0.133. The molecule has 112 valence electrons. The number of aromatic nitrogens is 1. The molecule has 1 aromatic carbocycles. The number of carbonyl (C=O) groups excluding carboxylic acids is 1. The zero-order valence-electron chi connectivity index (χ0n) is 11.5. The molecule has 0 radical (unpaired) electrons. The number of carbonyl (C=O) groups is 2. The Kier molecular flexibility index (Phi) is 3.17. The molecule has 2 aromatic heterocycles. The standard InChI is InChI=1S/C15H11NO6/c1-8(17)9-2-4-11-13(6-9)22-15(20)16(11)7-10-3-5-12(21-10)14(18)19/h2-6H,7H2,1H3,(H,18,19). The van der Waals surface area contributed by atoms with Crippen molar-refractivity contribution in [3.05, 3.63) is 58.0 Å². The van der Waals surface area contributed by atoms with E-state index in [-0.39, 0.29) is 18.1 Å². The average Bonchev–Trinajstić information content (AvgIpc) is 3.04. The molecule has 3 aromatic rings. The van der Waals surface area contributed by atoms with Crippen molar-refractivity contribution in [3.63, 3.8) is 0 Å². The van der Waals surface area contributed by atoms with Crippen LogP contribution in [0.4, 0.5) is 0 Å². The number of aromatic carboxylic acids is 1. The van der Waals surface area contributed by atoms with Crippen LogP contribution in [0.15, 0.2) is 44.0 Å². The molecule has 0 aliphatic heterocycles. The number of ketones is 1. The SMILES string of the molecule is CC(=O)c1ccc2c(c1)oc(=O)n2Cc1ccc(C(=O)O)o1. The zero-order valence-corrected chi connectivity index (χ0v) is 11.5. The molecular formula is C15H11NO6. The second-order valence-electron chi connectivity index (χ2n) is 4.76. The number of hydrogen-bond acceptors (Lipinski definition) is 5. The van der Waals surface area contributed by atoms with E-state index in [2.05, 4.69) is 0 Å². The molecule has 7 heteroatoms. The highest BCUT2D eigenvalue weighted by Crippen LogP contribution is 2.17. The van der Waals surface area contributed by atoms with E-state index in [4.69, 9.17) is 13.9 Å². The van der Waals surface area contributed by atoms with Crippen LogP contribution in [0, 0.1) is 0 Å². The minimum atomic E-state index is -1.18. The Bertz CT molecular complexity index is 942. The van der Waals surface area contributed by atoms with E-state index in [9.17, 15) is 14.4 Å². The molecule has 0 saturated carbocycles. The largest absolute Gasteiger partial charge is 0.475 e. The summed E-state index contributed by atoms with van der Waals surface area (Å²) in [4.78, 5) is 34.0. The van der Waals surface area contributed by atoms with Crippen LogP contribution >= 0.6 is 0 Å². The van der Waals surface area contributed by atoms with Crippen LogP contribution < -0.4 is 5.76 Å². The lowest BCUT2D eigenvalue weighted by Gasteiger charge is -2.00.